The third kappa shape index (κ3) is 8.12. The SMILES string of the molecule is CCN(CC)C(=O)Oc1ccc(/C=C/SCc2ccc(-n3ccc(N)nc3=O)cc2)cc1OC(=O)N(CC)CC. The maximum atomic E-state index is 12.6. The molecule has 1 aromatic heterocycles. The van der Waals surface area contributed by atoms with Gasteiger partial charge in [0.05, 0.1) is 5.69 Å². The Morgan fingerprint density at radius 3 is 2.08 bits per heavy atom. The van der Waals surface area contributed by atoms with Gasteiger partial charge in [0, 0.05) is 38.1 Å². The van der Waals surface area contributed by atoms with Gasteiger partial charge in [0.15, 0.2) is 11.5 Å². The second kappa shape index (κ2) is 14.8. The molecule has 2 aromatic carbocycles. The Kier molecular flexibility index (Phi) is 11.2. The van der Waals surface area contributed by atoms with Crippen LogP contribution in [0.25, 0.3) is 11.8 Å². The number of hydrogen-bond donors (Lipinski definition) is 1. The fourth-order valence-corrected chi connectivity index (χ4v) is 4.44. The highest BCUT2D eigenvalue weighted by Crippen LogP contribution is 2.31. The average molecular weight is 566 g/mol. The van der Waals surface area contributed by atoms with Crippen LogP contribution in [0.5, 0.6) is 11.5 Å². The lowest BCUT2D eigenvalue weighted by atomic mass is 10.2. The predicted molar refractivity (Wildman–Crippen MR) is 159 cm³/mol. The van der Waals surface area contributed by atoms with Gasteiger partial charge >= 0.3 is 17.9 Å². The number of ether oxygens (including phenoxy) is 2. The Morgan fingerprint density at radius 1 is 0.900 bits per heavy atom. The van der Waals surface area contributed by atoms with E-state index in [0.717, 1.165) is 11.1 Å². The molecule has 0 atom stereocenters. The Hall–Kier alpha value is -4.25. The van der Waals surface area contributed by atoms with E-state index in [1.165, 1.54) is 9.47 Å². The smallest absolute Gasteiger partial charge is 0.406 e. The number of thioether (sulfide) groups is 1. The quantitative estimate of drug-likeness (QED) is 0.328. The van der Waals surface area contributed by atoms with Crippen LogP contribution in [0.2, 0.25) is 0 Å². The van der Waals surface area contributed by atoms with E-state index in [4.69, 9.17) is 15.2 Å². The van der Waals surface area contributed by atoms with E-state index in [-0.39, 0.29) is 17.3 Å². The molecular formula is C29H35N5O5S. The lowest BCUT2D eigenvalue weighted by Crippen LogP contribution is -2.34. The zero-order chi connectivity index (χ0) is 29.1. The second-order valence-corrected chi connectivity index (χ2v) is 9.47. The molecule has 3 aromatic rings. The monoisotopic (exact) mass is 565 g/mol. The van der Waals surface area contributed by atoms with Gasteiger partial charge in [-0.3, -0.25) is 4.57 Å². The van der Waals surface area contributed by atoms with Crippen LogP contribution in [0.4, 0.5) is 15.4 Å². The summed E-state index contributed by atoms with van der Waals surface area (Å²) >= 11 is 1.58. The molecule has 0 spiro atoms. The molecule has 3 rings (SSSR count). The van der Waals surface area contributed by atoms with Crippen molar-refractivity contribution in [1.82, 2.24) is 19.4 Å². The van der Waals surface area contributed by atoms with E-state index >= 15 is 0 Å². The number of amides is 2. The normalized spacial score (nSPS) is 10.9. The number of nitrogens with two attached hydrogens (primary N) is 1. The number of rotatable bonds is 11. The Balaban J connectivity index is 1.70. The number of nitrogens with zero attached hydrogens (tertiary/aromatic N) is 4. The highest BCUT2D eigenvalue weighted by molar-refractivity contribution is 8.01. The number of nitrogen functional groups attached to an aromatic ring is 1. The summed E-state index contributed by atoms with van der Waals surface area (Å²) in [5.74, 6) is 1.24. The third-order valence-corrected chi connectivity index (χ3v) is 6.88. The van der Waals surface area contributed by atoms with Crippen LogP contribution in [0.15, 0.2) is 64.9 Å². The molecule has 11 heteroatoms. The lowest BCUT2D eigenvalue weighted by Gasteiger charge is -2.21. The van der Waals surface area contributed by atoms with Gasteiger partial charge < -0.3 is 25.0 Å². The van der Waals surface area contributed by atoms with E-state index in [1.54, 1.807) is 47.1 Å². The summed E-state index contributed by atoms with van der Waals surface area (Å²) < 4.78 is 12.6. The fraction of sp³-hybridized carbons (Fsp3) is 0.310. The number of aromatic nitrogens is 2. The zero-order valence-electron chi connectivity index (χ0n) is 23.2. The van der Waals surface area contributed by atoms with E-state index < -0.39 is 17.9 Å². The number of anilines is 1. The van der Waals surface area contributed by atoms with Crippen molar-refractivity contribution in [1.29, 1.82) is 0 Å². The molecule has 0 aliphatic carbocycles. The van der Waals surface area contributed by atoms with Gasteiger partial charge in [0.25, 0.3) is 0 Å². The zero-order valence-corrected chi connectivity index (χ0v) is 24.0. The highest BCUT2D eigenvalue weighted by Gasteiger charge is 2.19. The molecular weight excluding hydrogens is 530 g/mol. The molecule has 0 aliphatic rings. The minimum Gasteiger partial charge on any atom is -0.406 e. The molecule has 0 unspecified atom stereocenters. The van der Waals surface area contributed by atoms with Crippen molar-refractivity contribution in [2.45, 2.75) is 33.4 Å². The van der Waals surface area contributed by atoms with Crippen molar-refractivity contribution in [2.24, 2.45) is 0 Å². The first-order valence-corrected chi connectivity index (χ1v) is 14.1. The summed E-state index contributed by atoms with van der Waals surface area (Å²) in [6.45, 7) is 9.46. The van der Waals surface area contributed by atoms with Crippen molar-refractivity contribution >= 4 is 35.8 Å². The van der Waals surface area contributed by atoms with Crippen molar-refractivity contribution in [3.05, 3.63) is 81.7 Å². The summed E-state index contributed by atoms with van der Waals surface area (Å²) in [6, 6.07) is 14.3. The summed E-state index contributed by atoms with van der Waals surface area (Å²) in [5, 5.41) is 1.94. The van der Waals surface area contributed by atoms with Crippen LogP contribution in [-0.2, 0) is 5.75 Å². The molecule has 0 fully saturated rings. The van der Waals surface area contributed by atoms with E-state index in [1.807, 2.05) is 63.4 Å². The van der Waals surface area contributed by atoms with Crippen molar-refractivity contribution in [3.63, 3.8) is 0 Å². The van der Waals surface area contributed by atoms with Gasteiger partial charge in [-0.25, -0.2) is 14.4 Å². The first-order valence-electron chi connectivity index (χ1n) is 13.1. The maximum Gasteiger partial charge on any atom is 0.415 e. The van der Waals surface area contributed by atoms with Gasteiger partial charge in [0.1, 0.15) is 5.82 Å². The standard InChI is InChI=1S/C29H35N5O5S/c1-5-32(6-2)28(36)38-24-14-11-21(19-25(24)39-29(37)33(7-3)8-4)16-18-40-20-22-9-12-23(13-10-22)34-17-15-26(30)31-27(34)35/h9-19H,5-8,20H2,1-4H3,(H2,30,31,35)/b18-16+. The molecule has 0 bridgehead atoms. The minimum absolute atomic E-state index is 0.174. The summed E-state index contributed by atoms with van der Waals surface area (Å²) in [6.07, 6.45) is 2.47. The van der Waals surface area contributed by atoms with Crippen molar-refractivity contribution < 1.29 is 19.1 Å². The third-order valence-electron chi connectivity index (χ3n) is 6.05. The molecule has 1 heterocycles. The fourth-order valence-electron chi connectivity index (χ4n) is 3.71. The topological polar surface area (TPSA) is 120 Å². The first-order chi connectivity index (χ1) is 19.3. The maximum absolute atomic E-state index is 12.6. The summed E-state index contributed by atoms with van der Waals surface area (Å²) in [7, 11) is 0. The number of hydrogen-bond acceptors (Lipinski definition) is 8. The van der Waals surface area contributed by atoms with Gasteiger partial charge in [-0.1, -0.05) is 18.2 Å². The average Bonchev–Trinajstić information content (AvgIpc) is 2.94. The summed E-state index contributed by atoms with van der Waals surface area (Å²) in [5.41, 5.74) is 7.69. The van der Waals surface area contributed by atoms with Gasteiger partial charge in [-0.2, -0.15) is 4.98 Å². The molecule has 0 saturated heterocycles. The van der Waals surface area contributed by atoms with E-state index in [9.17, 15) is 14.4 Å². The molecule has 10 nitrogen and oxygen atoms in total. The Labute approximate surface area is 238 Å². The molecule has 40 heavy (non-hydrogen) atoms. The molecule has 0 aliphatic heterocycles. The van der Waals surface area contributed by atoms with Crippen LogP contribution >= 0.6 is 11.8 Å². The molecule has 0 saturated carbocycles. The van der Waals surface area contributed by atoms with Gasteiger partial charge in [-0.15, -0.1) is 11.8 Å². The second-order valence-electron chi connectivity index (χ2n) is 8.57. The number of benzene rings is 2. The van der Waals surface area contributed by atoms with E-state index in [2.05, 4.69) is 4.98 Å². The highest BCUT2D eigenvalue weighted by atomic mass is 32.2. The lowest BCUT2D eigenvalue weighted by molar-refractivity contribution is 0.146. The van der Waals surface area contributed by atoms with Crippen LogP contribution in [0, 0.1) is 0 Å². The van der Waals surface area contributed by atoms with Crippen LogP contribution < -0.4 is 20.9 Å². The number of carbonyl (C=O) groups is 2. The Bertz CT molecular complexity index is 1380. The van der Waals surface area contributed by atoms with Crippen LogP contribution in [0.1, 0.15) is 38.8 Å². The molecule has 2 amide bonds. The largest absolute Gasteiger partial charge is 0.415 e. The minimum atomic E-state index is -0.513. The van der Waals surface area contributed by atoms with Gasteiger partial charge in [0.2, 0.25) is 0 Å². The van der Waals surface area contributed by atoms with Gasteiger partial charge in [-0.05, 0) is 80.6 Å². The van der Waals surface area contributed by atoms with E-state index in [0.29, 0.717) is 37.6 Å². The molecule has 2 N–H and O–H groups in total. The van der Waals surface area contributed by atoms with Crippen molar-refractivity contribution in [3.8, 4) is 17.2 Å². The van der Waals surface area contributed by atoms with Crippen molar-refractivity contribution in [2.75, 3.05) is 31.9 Å². The number of carbonyl (C=O) groups excluding carboxylic acids is 2. The first kappa shape index (κ1) is 30.3. The molecule has 212 valence electrons. The predicted octanol–water partition coefficient (Wildman–Crippen LogP) is 5.40. The summed E-state index contributed by atoms with van der Waals surface area (Å²) in [4.78, 5) is 44.1. The van der Waals surface area contributed by atoms with Crippen LogP contribution in [0.3, 0.4) is 0 Å². The Morgan fingerprint density at radius 2 is 1.50 bits per heavy atom. The van der Waals surface area contributed by atoms with Crippen LogP contribution in [-0.4, -0.2) is 57.7 Å². The molecule has 0 radical (unpaired) electrons.